The van der Waals surface area contributed by atoms with E-state index in [9.17, 15) is 24.3 Å². The fourth-order valence-electron chi connectivity index (χ4n) is 3.88. The van der Waals surface area contributed by atoms with Gasteiger partial charge in [-0.05, 0) is 0 Å². The first-order valence-corrected chi connectivity index (χ1v) is 12.0. The van der Waals surface area contributed by atoms with Gasteiger partial charge in [0.1, 0.15) is 27.4 Å². The molecular weight excluding hydrogens is 533 g/mol. The number of aromatic nitrogens is 3. The number of halogens is 2. The summed E-state index contributed by atoms with van der Waals surface area (Å²) in [5, 5.41) is 25.6. The van der Waals surface area contributed by atoms with Gasteiger partial charge in [0.2, 0.25) is 23.1 Å². The number of aliphatic carboxylic acids is 1. The molecule has 4 heterocycles. The van der Waals surface area contributed by atoms with Gasteiger partial charge in [-0.25, -0.2) is 5.01 Å². The van der Waals surface area contributed by atoms with Crippen LogP contribution in [0.1, 0.15) is 24.0 Å². The summed E-state index contributed by atoms with van der Waals surface area (Å²) in [5.41, 5.74) is -2.19. The molecule has 0 bridgehead atoms. The molecular formula is C18H17Cl2N5O7S2. The molecule has 34 heavy (non-hydrogen) atoms. The number of thioether (sulfide) groups is 1. The van der Waals surface area contributed by atoms with Crippen molar-refractivity contribution < 1.29 is 29.0 Å². The van der Waals surface area contributed by atoms with Crippen LogP contribution in [-0.4, -0.2) is 71.5 Å². The number of aliphatic hydroxyl groups is 1. The number of rotatable bonds is 6. The summed E-state index contributed by atoms with van der Waals surface area (Å²) in [6, 6.07) is -0.980. The molecule has 182 valence electrons. The van der Waals surface area contributed by atoms with Gasteiger partial charge in [0.15, 0.2) is 6.04 Å². The van der Waals surface area contributed by atoms with Gasteiger partial charge in [0.05, 0.1) is 5.25 Å². The Bertz CT molecular complexity index is 1210. The molecule has 0 spiro atoms. The van der Waals surface area contributed by atoms with Crippen LogP contribution in [0.25, 0.3) is 0 Å². The zero-order valence-electron chi connectivity index (χ0n) is 17.3. The van der Waals surface area contributed by atoms with Crippen LogP contribution in [0.4, 0.5) is 0 Å². The predicted molar refractivity (Wildman–Crippen MR) is 123 cm³/mol. The number of nitrogens with zero attached hydrogens (tertiary/aromatic N) is 5. The van der Waals surface area contributed by atoms with Crippen molar-refractivity contribution in [3.05, 3.63) is 44.4 Å². The zero-order valence-corrected chi connectivity index (χ0v) is 20.5. The minimum Gasteiger partial charge on any atom is -0.481 e. The molecule has 4 atom stereocenters. The molecule has 2 N–H and O–H groups in total. The maximum atomic E-state index is 13.1. The SMILES string of the molecule is CC(=O)N(C1C(=O)N2CC(C(=O)O)(C(S)c3nnc(CO)o3)CS[C@H]12)n1cc(Cl)c(=O)c(Cl)c1. The van der Waals surface area contributed by atoms with Crippen molar-refractivity contribution in [1.82, 2.24) is 19.8 Å². The second-order valence-corrected chi connectivity index (χ2v) is 10.1. The van der Waals surface area contributed by atoms with Crippen LogP contribution in [0.15, 0.2) is 21.6 Å². The van der Waals surface area contributed by atoms with E-state index in [1.807, 2.05) is 0 Å². The molecule has 2 amide bonds. The summed E-state index contributed by atoms with van der Waals surface area (Å²) < 4.78 is 6.46. The highest BCUT2D eigenvalue weighted by Gasteiger charge is 2.62. The molecule has 2 aliphatic rings. The van der Waals surface area contributed by atoms with Crippen LogP contribution in [-0.2, 0) is 21.0 Å². The largest absolute Gasteiger partial charge is 0.481 e. The summed E-state index contributed by atoms with van der Waals surface area (Å²) in [6.07, 6.45) is 2.36. The van der Waals surface area contributed by atoms with Crippen molar-refractivity contribution >= 4 is 65.4 Å². The summed E-state index contributed by atoms with van der Waals surface area (Å²) in [4.78, 5) is 51.1. The van der Waals surface area contributed by atoms with Crippen molar-refractivity contribution in [3.8, 4) is 0 Å². The third-order valence-electron chi connectivity index (χ3n) is 5.64. The first-order valence-electron chi connectivity index (χ1n) is 9.66. The van der Waals surface area contributed by atoms with Crippen molar-refractivity contribution in [1.29, 1.82) is 0 Å². The van der Waals surface area contributed by atoms with Crippen LogP contribution in [0.2, 0.25) is 10.0 Å². The number of fused-ring (bicyclic) bond motifs is 1. The van der Waals surface area contributed by atoms with E-state index in [2.05, 4.69) is 22.8 Å². The molecule has 2 aromatic rings. The van der Waals surface area contributed by atoms with Gasteiger partial charge >= 0.3 is 5.97 Å². The second-order valence-electron chi connectivity index (χ2n) is 7.70. The van der Waals surface area contributed by atoms with E-state index in [0.29, 0.717) is 0 Å². The molecule has 2 saturated heterocycles. The van der Waals surface area contributed by atoms with Gasteiger partial charge in [-0.1, -0.05) is 23.2 Å². The number of carboxylic acid groups (broad SMARTS) is 1. The Kier molecular flexibility index (Phi) is 6.63. The van der Waals surface area contributed by atoms with E-state index >= 15 is 0 Å². The molecule has 2 aromatic heterocycles. The number of β-lactam (4-membered cyclic amide) rings is 1. The fourth-order valence-corrected chi connectivity index (χ4v) is 6.47. The molecule has 12 nitrogen and oxygen atoms in total. The predicted octanol–water partition coefficient (Wildman–Crippen LogP) is 0.541. The average molecular weight is 550 g/mol. The van der Waals surface area contributed by atoms with Crippen molar-refractivity contribution in [3.63, 3.8) is 0 Å². The van der Waals surface area contributed by atoms with Crippen molar-refractivity contribution in [2.75, 3.05) is 17.3 Å². The minimum absolute atomic E-state index is 0.00963. The lowest BCUT2D eigenvalue weighted by Gasteiger charge is -2.56. The maximum Gasteiger partial charge on any atom is 0.313 e. The van der Waals surface area contributed by atoms with Crippen LogP contribution in [0.3, 0.4) is 0 Å². The molecule has 2 fully saturated rings. The number of carbonyl (C=O) groups excluding carboxylic acids is 2. The first-order chi connectivity index (χ1) is 16.0. The van der Waals surface area contributed by atoms with Gasteiger partial charge in [-0.3, -0.25) is 23.9 Å². The van der Waals surface area contributed by atoms with Gasteiger partial charge in [0, 0.05) is 31.6 Å². The van der Waals surface area contributed by atoms with E-state index in [1.165, 1.54) is 28.9 Å². The molecule has 0 aliphatic carbocycles. The first kappa shape index (κ1) is 24.9. The monoisotopic (exact) mass is 549 g/mol. The zero-order chi connectivity index (χ0) is 24.9. The van der Waals surface area contributed by atoms with Crippen LogP contribution < -0.4 is 10.4 Å². The molecule has 4 rings (SSSR count). The van der Waals surface area contributed by atoms with E-state index in [-0.39, 0.29) is 34.1 Å². The number of aliphatic hydroxyl groups excluding tert-OH is 1. The smallest absolute Gasteiger partial charge is 0.313 e. The quantitative estimate of drug-likeness (QED) is 0.342. The van der Waals surface area contributed by atoms with E-state index in [1.54, 1.807) is 0 Å². The normalized spacial score (nSPS) is 24.9. The summed E-state index contributed by atoms with van der Waals surface area (Å²) in [6.45, 7) is 0.497. The van der Waals surface area contributed by atoms with E-state index in [4.69, 9.17) is 32.7 Å². The molecule has 0 radical (unpaired) electrons. The molecule has 2 aliphatic heterocycles. The number of carbonyl (C=O) groups is 3. The molecule has 16 heteroatoms. The fraction of sp³-hybridized carbons (Fsp3) is 0.444. The average Bonchev–Trinajstić information content (AvgIpc) is 3.28. The highest BCUT2D eigenvalue weighted by Crippen LogP contribution is 2.50. The van der Waals surface area contributed by atoms with Gasteiger partial charge in [-0.2, -0.15) is 12.6 Å². The number of hydrogen-bond acceptors (Lipinski definition) is 10. The third-order valence-corrected chi connectivity index (χ3v) is 8.43. The molecule has 0 aromatic carbocycles. The Morgan fingerprint density at radius 3 is 2.53 bits per heavy atom. The second kappa shape index (κ2) is 9.07. The lowest BCUT2D eigenvalue weighted by Crippen LogP contribution is -2.76. The summed E-state index contributed by atoms with van der Waals surface area (Å²) in [5.74, 6) is -2.42. The number of thiol groups is 1. The Hall–Kier alpha value is -2.26. The summed E-state index contributed by atoms with van der Waals surface area (Å²) in [7, 11) is 0. The Morgan fingerprint density at radius 2 is 2.00 bits per heavy atom. The highest BCUT2D eigenvalue weighted by molar-refractivity contribution is 8.00. The molecule has 3 unspecified atom stereocenters. The Morgan fingerprint density at radius 1 is 1.35 bits per heavy atom. The van der Waals surface area contributed by atoms with E-state index in [0.717, 1.165) is 16.8 Å². The van der Waals surface area contributed by atoms with Gasteiger partial charge < -0.3 is 19.5 Å². The number of pyridine rings is 1. The Balaban J connectivity index is 1.63. The number of amides is 2. The van der Waals surface area contributed by atoms with Gasteiger partial charge in [-0.15, -0.1) is 22.0 Å². The minimum atomic E-state index is -1.57. The lowest BCUT2D eigenvalue weighted by molar-refractivity contribution is -0.158. The van der Waals surface area contributed by atoms with Crippen LogP contribution >= 0.6 is 47.6 Å². The van der Waals surface area contributed by atoms with Crippen LogP contribution in [0, 0.1) is 5.41 Å². The maximum absolute atomic E-state index is 13.1. The standard InChI is InChI=1S/C18H17Cl2N5O7S2/c1-7(27)25(23-2-8(19)12(28)9(20)3-23)11-15(29)24-5-18(17(30)31,6-34-16(11)24)13(33)14-22-21-10(4-26)32-14/h2-3,11,13,16,26,33H,4-6H2,1H3,(H,30,31)/t11?,13?,16-,18?/m1/s1. The molecule has 0 saturated carbocycles. The third kappa shape index (κ3) is 3.86. The number of hydrogen-bond donors (Lipinski definition) is 3. The van der Waals surface area contributed by atoms with Crippen LogP contribution in [0.5, 0.6) is 0 Å². The number of carboxylic acids is 1. The van der Waals surface area contributed by atoms with E-state index < -0.39 is 51.9 Å². The highest BCUT2D eigenvalue weighted by atomic mass is 35.5. The van der Waals surface area contributed by atoms with Crippen molar-refractivity contribution in [2.45, 2.75) is 30.2 Å². The van der Waals surface area contributed by atoms with Crippen molar-refractivity contribution in [2.24, 2.45) is 5.41 Å². The van der Waals surface area contributed by atoms with Gasteiger partial charge in [0.25, 0.3) is 5.91 Å². The Labute approximate surface area is 211 Å². The lowest BCUT2D eigenvalue weighted by atomic mass is 9.83. The summed E-state index contributed by atoms with van der Waals surface area (Å²) >= 11 is 17.4. The topological polar surface area (TPSA) is 159 Å².